The molecule has 0 bridgehead atoms. The van der Waals surface area contributed by atoms with Gasteiger partial charge in [-0.15, -0.1) is 0 Å². The first kappa shape index (κ1) is 15.9. The van der Waals surface area contributed by atoms with Gasteiger partial charge in [0, 0.05) is 37.9 Å². The van der Waals surface area contributed by atoms with E-state index < -0.39 is 0 Å². The molecule has 1 aliphatic rings. The van der Waals surface area contributed by atoms with Crippen LogP contribution in [-0.2, 0) is 6.54 Å². The summed E-state index contributed by atoms with van der Waals surface area (Å²) in [4.78, 5) is 13.6. The lowest BCUT2D eigenvalue weighted by Gasteiger charge is -2.40. The number of likely N-dealkylation sites (N-methyl/N-ethyl adjacent to an activating group) is 1. The van der Waals surface area contributed by atoms with Gasteiger partial charge in [-0.05, 0) is 26.1 Å². The van der Waals surface area contributed by atoms with Gasteiger partial charge < -0.3 is 4.74 Å². The van der Waals surface area contributed by atoms with Crippen molar-refractivity contribution in [1.29, 1.82) is 0 Å². The molecule has 5 nitrogen and oxygen atoms in total. The number of ether oxygens (including phenoxy) is 1. The number of benzene rings is 1. The van der Waals surface area contributed by atoms with Crippen LogP contribution in [0.2, 0.25) is 0 Å². The number of rotatable bonds is 4. The second kappa shape index (κ2) is 7.06. The van der Waals surface area contributed by atoms with E-state index in [1.807, 2.05) is 31.3 Å². The van der Waals surface area contributed by atoms with Crippen molar-refractivity contribution in [2.75, 3.05) is 33.8 Å². The summed E-state index contributed by atoms with van der Waals surface area (Å²) in [6.45, 7) is 5.85. The molecular formula is C18H24N4O. The third kappa shape index (κ3) is 3.68. The Labute approximate surface area is 137 Å². The standard InChI is InChI=1S/C18H24N4O/c1-14-19-9-8-15(20-14)12-22-11-10-21(2)17(13-22)16-6-4-5-7-18(16)23-3/h4-9,17H,10-13H2,1-3H3/t17-/m1/s1. The summed E-state index contributed by atoms with van der Waals surface area (Å²) >= 11 is 0. The Balaban J connectivity index is 1.76. The molecule has 0 saturated carbocycles. The lowest BCUT2D eigenvalue weighted by molar-refractivity contribution is 0.0881. The zero-order valence-corrected chi connectivity index (χ0v) is 14.1. The molecule has 1 atom stereocenters. The minimum atomic E-state index is 0.336. The van der Waals surface area contributed by atoms with E-state index in [2.05, 4.69) is 38.9 Å². The fourth-order valence-corrected chi connectivity index (χ4v) is 3.17. The molecule has 122 valence electrons. The van der Waals surface area contributed by atoms with Crippen LogP contribution in [0.3, 0.4) is 0 Å². The molecule has 0 aliphatic carbocycles. The van der Waals surface area contributed by atoms with Crippen molar-refractivity contribution in [2.24, 2.45) is 0 Å². The van der Waals surface area contributed by atoms with Gasteiger partial charge >= 0.3 is 0 Å². The Morgan fingerprint density at radius 3 is 2.83 bits per heavy atom. The third-order valence-corrected chi connectivity index (χ3v) is 4.45. The summed E-state index contributed by atoms with van der Waals surface area (Å²) in [6, 6.07) is 10.6. The first-order valence-corrected chi connectivity index (χ1v) is 8.01. The summed E-state index contributed by atoms with van der Waals surface area (Å²) in [5, 5.41) is 0. The second-order valence-corrected chi connectivity index (χ2v) is 6.07. The lowest BCUT2D eigenvalue weighted by Crippen LogP contribution is -2.46. The van der Waals surface area contributed by atoms with E-state index in [1.165, 1.54) is 5.56 Å². The molecule has 0 radical (unpaired) electrons. The summed E-state index contributed by atoms with van der Waals surface area (Å²) in [6.07, 6.45) is 1.84. The molecule has 1 saturated heterocycles. The first-order chi connectivity index (χ1) is 11.2. The zero-order chi connectivity index (χ0) is 16.2. The Morgan fingerprint density at radius 1 is 1.22 bits per heavy atom. The lowest BCUT2D eigenvalue weighted by atomic mass is 10.0. The smallest absolute Gasteiger partial charge is 0.125 e. The van der Waals surface area contributed by atoms with E-state index in [1.54, 1.807) is 7.11 Å². The number of aryl methyl sites for hydroxylation is 1. The molecule has 3 rings (SSSR count). The second-order valence-electron chi connectivity index (χ2n) is 6.07. The van der Waals surface area contributed by atoms with Crippen molar-refractivity contribution >= 4 is 0 Å². The third-order valence-electron chi connectivity index (χ3n) is 4.45. The first-order valence-electron chi connectivity index (χ1n) is 8.01. The van der Waals surface area contributed by atoms with Crippen LogP contribution in [0.5, 0.6) is 5.75 Å². The molecule has 5 heteroatoms. The highest BCUT2D eigenvalue weighted by atomic mass is 16.5. The van der Waals surface area contributed by atoms with E-state index in [-0.39, 0.29) is 0 Å². The van der Waals surface area contributed by atoms with Gasteiger partial charge in [0.15, 0.2) is 0 Å². The molecule has 2 aromatic rings. The monoisotopic (exact) mass is 312 g/mol. The molecule has 1 aromatic heterocycles. The van der Waals surface area contributed by atoms with Crippen LogP contribution in [0.25, 0.3) is 0 Å². The quantitative estimate of drug-likeness (QED) is 0.866. The number of para-hydroxylation sites is 1. The summed E-state index contributed by atoms with van der Waals surface area (Å²) in [7, 11) is 3.92. The maximum Gasteiger partial charge on any atom is 0.125 e. The van der Waals surface area contributed by atoms with Crippen LogP contribution >= 0.6 is 0 Å². The van der Waals surface area contributed by atoms with Gasteiger partial charge in [0.2, 0.25) is 0 Å². The Morgan fingerprint density at radius 2 is 2.04 bits per heavy atom. The highest BCUT2D eigenvalue weighted by Gasteiger charge is 2.27. The number of hydrogen-bond donors (Lipinski definition) is 0. The molecular weight excluding hydrogens is 288 g/mol. The molecule has 0 amide bonds. The van der Waals surface area contributed by atoms with Gasteiger partial charge in [0.25, 0.3) is 0 Å². The van der Waals surface area contributed by atoms with Gasteiger partial charge in [-0.3, -0.25) is 9.80 Å². The maximum atomic E-state index is 5.55. The molecule has 1 aromatic carbocycles. The number of piperazine rings is 1. The molecule has 0 unspecified atom stereocenters. The number of nitrogens with zero attached hydrogens (tertiary/aromatic N) is 4. The Hall–Kier alpha value is -1.98. The average Bonchev–Trinajstić information content (AvgIpc) is 2.57. The van der Waals surface area contributed by atoms with Crippen LogP contribution in [-0.4, -0.2) is 53.6 Å². The fraction of sp³-hybridized carbons (Fsp3) is 0.444. The van der Waals surface area contributed by atoms with Crippen molar-refractivity contribution in [3.63, 3.8) is 0 Å². The van der Waals surface area contributed by atoms with Crippen molar-refractivity contribution in [3.05, 3.63) is 53.6 Å². The summed E-state index contributed by atoms with van der Waals surface area (Å²) in [5.74, 6) is 1.79. The predicted octanol–water partition coefficient (Wildman–Crippen LogP) is 2.28. The SMILES string of the molecule is COc1ccccc1[C@H]1CN(Cc2ccnc(C)n2)CCN1C. The van der Waals surface area contributed by atoms with Crippen molar-refractivity contribution < 1.29 is 4.74 Å². The largest absolute Gasteiger partial charge is 0.496 e. The van der Waals surface area contributed by atoms with Gasteiger partial charge in [0.05, 0.1) is 18.8 Å². The fourth-order valence-electron chi connectivity index (χ4n) is 3.17. The van der Waals surface area contributed by atoms with E-state index in [4.69, 9.17) is 4.74 Å². The van der Waals surface area contributed by atoms with E-state index in [0.717, 1.165) is 43.4 Å². The van der Waals surface area contributed by atoms with Crippen LogP contribution in [0, 0.1) is 6.92 Å². The van der Waals surface area contributed by atoms with Crippen LogP contribution in [0.15, 0.2) is 36.5 Å². The Kier molecular flexibility index (Phi) is 4.88. The molecule has 0 N–H and O–H groups in total. The average molecular weight is 312 g/mol. The Bertz CT molecular complexity index is 661. The summed E-state index contributed by atoms with van der Waals surface area (Å²) < 4.78 is 5.55. The van der Waals surface area contributed by atoms with Crippen molar-refractivity contribution in [2.45, 2.75) is 19.5 Å². The minimum Gasteiger partial charge on any atom is -0.496 e. The molecule has 1 aliphatic heterocycles. The van der Waals surface area contributed by atoms with Crippen molar-refractivity contribution in [1.82, 2.24) is 19.8 Å². The van der Waals surface area contributed by atoms with E-state index >= 15 is 0 Å². The van der Waals surface area contributed by atoms with E-state index in [9.17, 15) is 0 Å². The van der Waals surface area contributed by atoms with Crippen molar-refractivity contribution in [3.8, 4) is 5.75 Å². The topological polar surface area (TPSA) is 41.5 Å². The highest BCUT2D eigenvalue weighted by molar-refractivity contribution is 5.36. The maximum absolute atomic E-state index is 5.55. The number of aromatic nitrogens is 2. The minimum absolute atomic E-state index is 0.336. The van der Waals surface area contributed by atoms with Crippen LogP contribution in [0.4, 0.5) is 0 Å². The summed E-state index contributed by atoms with van der Waals surface area (Å²) in [5.41, 5.74) is 2.34. The van der Waals surface area contributed by atoms with Crippen LogP contribution in [0.1, 0.15) is 23.1 Å². The molecule has 0 spiro atoms. The van der Waals surface area contributed by atoms with E-state index in [0.29, 0.717) is 6.04 Å². The van der Waals surface area contributed by atoms with Gasteiger partial charge in [-0.1, -0.05) is 18.2 Å². The normalized spacial score (nSPS) is 19.7. The predicted molar refractivity (Wildman–Crippen MR) is 90.4 cm³/mol. The van der Waals surface area contributed by atoms with Gasteiger partial charge in [-0.25, -0.2) is 9.97 Å². The number of hydrogen-bond acceptors (Lipinski definition) is 5. The zero-order valence-electron chi connectivity index (χ0n) is 14.1. The molecule has 1 fully saturated rings. The van der Waals surface area contributed by atoms with Gasteiger partial charge in [-0.2, -0.15) is 0 Å². The highest BCUT2D eigenvalue weighted by Crippen LogP contribution is 2.31. The number of methoxy groups -OCH3 is 1. The van der Waals surface area contributed by atoms with Crippen LogP contribution < -0.4 is 4.74 Å². The molecule has 23 heavy (non-hydrogen) atoms. The molecule has 2 heterocycles. The van der Waals surface area contributed by atoms with Gasteiger partial charge in [0.1, 0.15) is 11.6 Å².